The standard InChI is InChI=1S/C24H20Br2N2O4S/c1-4-32-23(30)20-13(2)27-24-28(21(20)15-6-8-16(25)9-7-15)22(29)19(33-24)12-14-5-10-18(31-3)17(26)11-14/h5-12,21H,4H2,1-3H3/b19-12-/t21-/m0/s1. The number of esters is 1. The van der Waals surface area contributed by atoms with Gasteiger partial charge in [0, 0.05) is 4.47 Å². The smallest absolute Gasteiger partial charge is 0.338 e. The molecule has 4 rings (SSSR count). The average Bonchev–Trinajstić information content (AvgIpc) is 3.08. The van der Waals surface area contributed by atoms with Crippen molar-refractivity contribution in [1.29, 1.82) is 0 Å². The first kappa shape index (κ1) is 23.7. The molecular formula is C24H20Br2N2O4S. The van der Waals surface area contributed by atoms with Gasteiger partial charge in [-0.05, 0) is 71.2 Å². The van der Waals surface area contributed by atoms with E-state index in [1.165, 1.54) is 11.3 Å². The molecule has 9 heteroatoms. The quantitative estimate of drug-likeness (QED) is 0.414. The van der Waals surface area contributed by atoms with Gasteiger partial charge in [0.05, 0.1) is 40.0 Å². The summed E-state index contributed by atoms with van der Waals surface area (Å²) >= 11 is 8.22. The number of benzene rings is 2. The Morgan fingerprint density at radius 3 is 2.58 bits per heavy atom. The Bertz CT molecular complexity index is 1440. The summed E-state index contributed by atoms with van der Waals surface area (Å²) in [6.07, 6.45) is 1.82. The second kappa shape index (κ2) is 9.79. The van der Waals surface area contributed by atoms with Gasteiger partial charge in [0.15, 0.2) is 4.80 Å². The molecule has 1 aliphatic rings. The van der Waals surface area contributed by atoms with Crippen LogP contribution in [0.15, 0.2) is 72.5 Å². The van der Waals surface area contributed by atoms with Crippen molar-refractivity contribution in [2.75, 3.05) is 13.7 Å². The maximum Gasteiger partial charge on any atom is 0.338 e. The Morgan fingerprint density at radius 2 is 1.94 bits per heavy atom. The van der Waals surface area contributed by atoms with Gasteiger partial charge in [0.25, 0.3) is 5.56 Å². The molecule has 0 fully saturated rings. The van der Waals surface area contributed by atoms with Gasteiger partial charge in [0.2, 0.25) is 0 Å². The zero-order chi connectivity index (χ0) is 23.7. The lowest BCUT2D eigenvalue weighted by atomic mass is 9.96. The van der Waals surface area contributed by atoms with E-state index >= 15 is 0 Å². The van der Waals surface area contributed by atoms with Crippen molar-refractivity contribution in [3.63, 3.8) is 0 Å². The summed E-state index contributed by atoms with van der Waals surface area (Å²) in [5.74, 6) is 0.235. The highest BCUT2D eigenvalue weighted by atomic mass is 79.9. The number of allylic oxidation sites excluding steroid dienone is 1. The van der Waals surface area contributed by atoms with Crippen molar-refractivity contribution in [3.05, 3.63) is 93.5 Å². The Labute approximate surface area is 211 Å². The summed E-state index contributed by atoms with van der Waals surface area (Å²) in [7, 11) is 1.60. The summed E-state index contributed by atoms with van der Waals surface area (Å²) < 4.78 is 14.4. The summed E-state index contributed by atoms with van der Waals surface area (Å²) in [6.45, 7) is 3.76. The fourth-order valence-corrected chi connectivity index (χ4v) is 5.55. The zero-order valence-electron chi connectivity index (χ0n) is 18.1. The number of carbonyl (C=O) groups excluding carboxylic acids is 1. The number of halogens is 2. The van der Waals surface area contributed by atoms with Crippen molar-refractivity contribution < 1.29 is 14.3 Å². The minimum atomic E-state index is -0.627. The van der Waals surface area contributed by atoms with E-state index in [9.17, 15) is 9.59 Å². The second-order valence-electron chi connectivity index (χ2n) is 7.25. The molecule has 2 aromatic carbocycles. The first-order valence-electron chi connectivity index (χ1n) is 10.1. The highest BCUT2D eigenvalue weighted by Gasteiger charge is 2.33. The molecule has 33 heavy (non-hydrogen) atoms. The number of rotatable bonds is 5. The predicted molar refractivity (Wildman–Crippen MR) is 135 cm³/mol. The molecule has 0 N–H and O–H groups in total. The van der Waals surface area contributed by atoms with Crippen LogP contribution in [0.4, 0.5) is 0 Å². The molecule has 0 spiro atoms. The summed E-state index contributed by atoms with van der Waals surface area (Å²) in [6, 6.07) is 12.5. The lowest BCUT2D eigenvalue weighted by molar-refractivity contribution is -0.139. The van der Waals surface area contributed by atoms with Gasteiger partial charge in [-0.2, -0.15) is 0 Å². The molecule has 0 saturated heterocycles. The third-order valence-electron chi connectivity index (χ3n) is 5.18. The largest absolute Gasteiger partial charge is 0.496 e. The number of methoxy groups -OCH3 is 1. The first-order valence-corrected chi connectivity index (χ1v) is 12.5. The molecule has 0 amide bonds. The van der Waals surface area contributed by atoms with Gasteiger partial charge in [0.1, 0.15) is 5.75 Å². The predicted octanol–water partition coefficient (Wildman–Crippen LogP) is 4.33. The number of hydrogen-bond acceptors (Lipinski definition) is 6. The number of fused-ring (bicyclic) bond motifs is 1. The summed E-state index contributed by atoms with van der Waals surface area (Å²) in [5.41, 5.74) is 2.34. The van der Waals surface area contributed by atoms with Crippen molar-refractivity contribution in [2.24, 2.45) is 4.99 Å². The molecule has 0 saturated carbocycles. The molecule has 1 aromatic heterocycles. The number of carbonyl (C=O) groups is 1. The van der Waals surface area contributed by atoms with Gasteiger partial charge in [-0.25, -0.2) is 9.79 Å². The molecule has 1 atom stereocenters. The molecule has 0 radical (unpaired) electrons. The summed E-state index contributed by atoms with van der Waals surface area (Å²) in [5, 5.41) is 0. The van der Waals surface area contributed by atoms with Crippen LogP contribution >= 0.6 is 43.2 Å². The Hall–Kier alpha value is -2.49. The Morgan fingerprint density at radius 1 is 1.21 bits per heavy atom. The number of hydrogen-bond donors (Lipinski definition) is 0. The van der Waals surface area contributed by atoms with E-state index in [0.717, 1.165) is 20.1 Å². The zero-order valence-corrected chi connectivity index (χ0v) is 22.1. The second-order valence-corrected chi connectivity index (χ2v) is 10.0. The van der Waals surface area contributed by atoms with E-state index in [-0.39, 0.29) is 12.2 Å². The number of nitrogens with zero attached hydrogens (tertiary/aromatic N) is 2. The lowest BCUT2D eigenvalue weighted by Gasteiger charge is -2.24. The highest BCUT2D eigenvalue weighted by Crippen LogP contribution is 2.31. The van der Waals surface area contributed by atoms with Crippen LogP contribution in [0, 0.1) is 0 Å². The molecule has 3 aromatic rings. The SMILES string of the molecule is CCOC(=O)C1=C(C)N=c2s/c(=C\c3ccc(OC)c(Br)c3)c(=O)n2[C@H]1c1ccc(Br)cc1. The number of aromatic nitrogens is 1. The van der Waals surface area contributed by atoms with Gasteiger partial charge < -0.3 is 9.47 Å². The molecule has 2 heterocycles. The molecule has 0 aliphatic carbocycles. The van der Waals surface area contributed by atoms with Crippen LogP contribution < -0.4 is 19.6 Å². The van der Waals surface area contributed by atoms with E-state index in [4.69, 9.17) is 9.47 Å². The van der Waals surface area contributed by atoms with Crippen LogP contribution in [-0.2, 0) is 9.53 Å². The van der Waals surface area contributed by atoms with Crippen molar-refractivity contribution in [1.82, 2.24) is 4.57 Å². The van der Waals surface area contributed by atoms with E-state index in [2.05, 4.69) is 36.9 Å². The molecule has 0 unspecified atom stereocenters. The minimum absolute atomic E-state index is 0.215. The van der Waals surface area contributed by atoms with Crippen LogP contribution in [0.25, 0.3) is 6.08 Å². The van der Waals surface area contributed by atoms with E-state index in [1.54, 1.807) is 25.5 Å². The third kappa shape index (κ3) is 4.62. The van der Waals surface area contributed by atoms with Crippen LogP contribution in [-0.4, -0.2) is 24.3 Å². The fraction of sp³-hybridized carbons (Fsp3) is 0.208. The lowest BCUT2D eigenvalue weighted by Crippen LogP contribution is -2.39. The minimum Gasteiger partial charge on any atom is -0.496 e. The van der Waals surface area contributed by atoms with Crippen molar-refractivity contribution >= 4 is 55.2 Å². The Balaban J connectivity index is 1.93. The molecule has 6 nitrogen and oxygen atoms in total. The maximum absolute atomic E-state index is 13.6. The van der Waals surface area contributed by atoms with Crippen LogP contribution in [0.1, 0.15) is 31.0 Å². The molecular weight excluding hydrogens is 572 g/mol. The Kier molecular flexibility index (Phi) is 7.02. The maximum atomic E-state index is 13.6. The number of thiazole rings is 1. The molecule has 170 valence electrons. The van der Waals surface area contributed by atoms with Crippen molar-refractivity contribution in [3.8, 4) is 5.75 Å². The first-order chi connectivity index (χ1) is 15.8. The van der Waals surface area contributed by atoms with Crippen LogP contribution in [0.3, 0.4) is 0 Å². The topological polar surface area (TPSA) is 69.9 Å². The van der Waals surface area contributed by atoms with Gasteiger partial charge in [-0.3, -0.25) is 9.36 Å². The van der Waals surface area contributed by atoms with Crippen molar-refractivity contribution in [2.45, 2.75) is 19.9 Å². The van der Waals surface area contributed by atoms with Gasteiger partial charge in [-0.15, -0.1) is 0 Å². The van der Waals surface area contributed by atoms with E-state index < -0.39 is 12.0 Å². The fourth-order valence-electron chi connectivity index (χ4n) is 3.68. The average molecular weight is 592 g/mol. The van der Waals surface area contributed by atoms with Gasteiger partial charge in [-0.1, -0.05) is 45.5 Å². The highest BCUT2D eigenvalue weighted by molar-refractivity contribution is 9.10. The monoisotopic (exact) mass is 590 g/mol. The molecule has 1 aliphatic heterocycles. The normalized spacial score (nSPS) is 15.8. The number of ether oxygens (including phenoxy) is 2. The third-order valence-corrected chi connectivity index (χ3v) is 7.31. The van der Waals surface area contributed by atoms with E-state index in [1.807, 2.05) is 48.5 Å². The molecule has 0 bridgehead atoms. The van der Waals surface area contributed by atoms with Gasteiger partial charge >= 0.3 is 5.97 Å². The summed E-state index contributed by atoms with van der Waals surface area (Å²) in [4.78, 5) is 31.6. The van der Waals surface area contributed by atoms with E-state index in [0.29, 0.717) is 26.4 Å². The van der Waals surface area contributed by atoms with Crippen LogP contribution in [0.5, 0.6) is 5.75 Å². The van der Waals surface area contributed by atoms with Crippen LogP contribution in [0.2, 0.25) is 0 Å².